The first-order chi connectivity index (χ1) is 9.80. The summed E-state index contributed by atoms with van der Waals surface area (Å²) in [6.07, 6.45) is -4.67. The maximum atomic E-state index is 12.1. The molecule has 0 aliphatic rings. The number of nitrogens with one attached hydrogen (secondary N) is 1. The summed E-state index contributed by atoms with van der Waals surface area (Å²) in [5, 5.41) is 3.18. The van der Waals surface area contributed by atoms with Gasteiger partial charge in [0.15, 0.2) is 0 Å². The van der Waals surface area contributed by atoms with Crippen molar-refractivity contribution in [1.29, 1.82) is 0 Å². The number of halogens is 4. The molecule has 0 spiro atoms. The molecule has 1 atom stereocenters. The van der Waals surface area contributed by atoms with Crippen molar-refractivity contribution in [3.8, 4) is 5.75 Å². The van der Waals surface area contributed by atoms with Gasteiger partial charge in [-0.2, -0.15) is 0 Å². The van der Waals surface area contributed by atoms with E-state index in [9.17, 15) is 13.2 Å². The molecule has 114 valence electrons. The van der Waals surface area contributed by atoms with Crippen molar-refractivity contribution in [1.82, 2.24) is 5.32 Å². The lowest BCUT2D eigenvalue weighted by Crippen LogP contribution is -2.19. The van der Waals surface area contributed by atoms with Crippen LogP contribution in [0.25, 0.3) is 0 Å². The van der Waals surface area contributed by atoms with Crippen LogP contribution in [0, 0.1) is 6.92 Å². The number of rotatable bonds is 4. The molecular weight excluding hydrogens is 367 g/mol. The third-order valence-corrected chi connectivity index (χ3v) is 4.54. The average molecular weight is 380 g/mol. The molecule has 1 N–H and O–H groups in total. The molecule has 7 heteroatoms. The van der Waals surface area contributed by atoms with Gasteiger partial charge in [-0.3, -0.25) is 0 Å². The molecule has 0 bridgehead atoms. The number of hydrogen-bond donors (Lipinski definition) is 1. The van der Waals surface area contributed by atoms with E-state index >= 15 is 0 Å². The quantitative estimate of drug-likeness (QED) is 0.804. The Balaban J connectivity index is 2.25. The lowest BCUT2D eigenvalue weighted by molar-refractivity contribution is -0.274. The van der Waals surface area contributed by atoms with Crippen molar-refractivity contribution >= 4 is 27.3 Å². The van der Waals surface area contributed by atoms with E-state index < -0.39 is 6.36 Å². The molecule has 1 aromatic heterocycles. The van der Waals surface area contributed by atoms with Gasteiger partial charge in [0.25, 0.3) is 0 Å². The largest absolute Gasteiger partial charge is 0.573 e. The van der Waals surface area contributed by atoms with Gasteiger partial charge < -0.3 is 10.1 Å². The highest BCUT2D eigenvalue weighted by Gasteiger charge is 2.31. The smallest absolute Gasteiger partial charge is 0.406 e. The highest BCUT2D eigenvalue weighted by Crippen LogP contribution is 2.34. The fourth-order valence-corrected chi connectivity index (χ4v) is 3.86. The van der Waals surface area contributed by atoms with Crippen molar-refractivity contribution in [2.75, 3.05) is 7.05 Å². The van der Waals surface area contributed by atoms with Gasteiger partial charge in [-0.05, 0) is 59.2 Å². The summed E-state index contributed by atoms with van der Waals surface area (Å²) in [4.78, 5) is 1.15. The number of ether oxygens (including phenoxy) is 1. The van der Waals surface area contributed by atoms with E-state index in [1.165, 1.54) is 12.1 Å². The number of benzene rings is 1. The van der Waals surface area contributed by atoms with Gasteiger partial charge in [0, 0.05) is 4.88 Å². The molecule has 2 rings (SSSR count). The molecule has 21 heavy (non-hydrogen) atoms. The topological polar surface area (TPSA) is 21.3 Å². The van der Waals surface area contributed by atoms with E-state index in [2.05, 4.69) is 26.0 Å². The highest BCUT2D eigenvalue weighted by molar-refractivity contribution is 9.11. The number of hydrogen-bond acceptors (Lipinski definition) is 3. The van der Waals surface area contributed by atoms with Crippen molar-refractivity contribution < 1.29 is 17.9 Å². The summed E-state index contributed by atoms with van der Waals surface area (Å²) in [7, 11) is 1.82. The second-order valence-electron chi connectivity index (χ2n) is 4.40. The third-order valence-electron chi connectivity index (χ3n) is 2.97. The van der Waals surface area contributed by atoms with Gasteiger partial charge in [0.2, 0.25) is 0 Å². The van der Waals surface area contributed by atoms with Crippen LogP contribution in [0.5, 0.6) is 5.75 Å². The van der Waals surface area contributed by atoms with Crippen LogP contribution < -0.4 is 10.1 Å². The maximum Gasteiger partial charge on any atom is 0.573 e. The normalized spacial score (nSPS) is 13.2. The zero-order chi connectivity index (χ0) is 15.6. The van der Waals surface area contributed by atoms with Gasteiger partial charge in [-0.15, -0.1) is 24.5 Å². The number of thiophene rings is 1. The predicted molar refractivity (Wildman–Crippen MR) is 80.8 cm³/mol. The first kappa shape index (κ1) is 16.3. The van der Waals surface area contributed by atoms with Crippen LogP contribution in [0.15, 0.2) is 34.1 Å². The lowest BCUT2D eigenvalue weighted by atomic mass is 9.99. The minimum absolute atomic E-state index is 0.0764. The molecule has 0 saturated carbocycles. The predicted octanol–water partition coefficient (Wildman–Crippen LogP) is 5.03. The van der Waals surface area contributed by atoms with Crippen molar-refractivity contribution in [2.45, 2.75) is 19.3 Å². The molecule has 0 aliphatic carbocycles. The van der Waals surface area contributed by atoms with Gasteiger partial charge in [-0.1, -0.05) is 12.1 Å². The SMILES string of the molecule is CNC(c1ccc(OC(F)(F)F)cc1)c1cc(Br)sc1C. The fourth-order valence-electron chi connectivity index (χ4n) is 2.11. The van der Waals surface area contributed by atoms with Crippen LogP contribution in [-0.2, 0) is 0 Å². The van der Waals surface area contributed by atoms with Gasteiger partial charge >= 0.3 is 6.36 Å². The average Bonchev–Trinajstić information content (AvgIpc) is 2.70. The highest BCUT2D eigenvalue weighted by atomic mass is 79.9. The van der Waals surface area contributed by atoms with Gasteiger partial charge in [0.1, 0.15) is 5.75 Å². The summed E-state index contributed by atoms with van der Waals surface area (Å²) in [6.45, 7) is 2.01. The standard InChI is InChI=1S/C14H13BrF3NOS/c1-8-11(7-12(15)21-8)13(19-2)9-3-5-10(6-4-9)20-14(16,17)18/h3-7,13,19H,1-2H3. The molecule has 0 aliphatic heterocycles. The Kier molecular flexibility index (Phi) is 4.95. The van der Waals surface area contributed by atoms with Crippen LogP contribution in [0.4, 0.5) is 13.2 Å². The van der Waals surface area contributed by atoms with E-state index in [4.69, 9.17) is 0 Å². The summed E-state index contributed by atoms with van der Waals surface area (Å²) in [5.74, 6) is -0.218. The first-order valence-electron chi connectivity index (χ1n) is 6.09. The van der Waals surface area contributed by atoms with Crippen molar-refractivity contribution in [3.05, 3.63) is 50.1 Å². The van der Waals surface area contributed by atoms with Crippen LogP contribution in [0.3, 0.4) is 0 Å². The summed E-state index contributed by atoms with van der Waals surface area (Å²) in [5.41, 5.74) is 1.97. The molecule has 2 aromatic rings. The third kappa shape index (κ3) is 4.21. The van der Waals surface area contributed by atoms with E-state index in [1.54, 1.807) is 23.5 Å². The monoisotopic (exact) mass is 379 g/mol. The molecule has 0 amide bonds. The van der Waals surface area contributed by atoms with Crippen LogP contribution in [0.2, 0.25) is 0 Å². The van der Waals surface area contributed by atoms with E-state index in [1.807, 2.05) is 20.0 Å². The Bertz CT molecular complexity index is 610. The summed E-state index contributed by atoms with van der Waals surface area (Å²) < 4.78 is 41.3. The molecule has 0 fully saturated rings. The first-order valence-corrected chi connectivity index (χ1v) is 7.70. The summed E-state index contributed by atoms with van der Waals surface area (Å²) >= 11 is 5.07. The Hall–Kier alpha value is -1.05. The Morgan fingerprint density at radius 3 is 2.29 bits per heavy atom. The number of aryl methyl sites for hydroxylation is 1. The van der Waals surface area contributed by atoms with Crippen molar-refractivity contribution in [2.24, 2.45) is 0 Å². The zero-order valence-electron chi connectivity index (χ0n) is 11.3. The van der Waals surface area contributed by atoms with Gasteiger partial charge in [0.05, 0.1) is 9.83 Å². The molecule has 2 nitrogen and oxygen atoms in total. The molecule has 0 radical (unpaired) electrons. The second kappa shape index (κ2) is 6.37. The maximum absolute atomic E-state index is 12.1. The van der Waals surface area contributed by atoms with Gasteiger partial charge in [-0.25, -0.2) is 0 Å². The molecule has 0 saturated heterocycles. The van der Waals surface area contributed by atoms with Crippen LogP contribution >= 0.6 is 27.3 Å². The van der Waals surface area contributed by atoms with E-state index in [0.717, 1.165) is 19.8 Å². The van der Waals surface area contributed by atoms with E-state index in [0.29, 0.717) is 0 Å². The molecular formula is C14H13BrF3NOS. The molecule has 1 aromatic carbocycles. The minimum atomic E-state index is -4.67. The van der Waals surface area contributed by atoms with Crippen molar-refractivity contribution in [3.63, 3.8) is 0 Å². The Labute approximate surface area is 133 Å². The lowest BCUT2D eigenvalue weighted by Gasteiger charge is -2.17. The number of alkyl halides is 3. The van der Waals surface area contributed by atoms with Crippen LogP contribution in [-0.4, -0.2) is 13.4 Å². The fraction of sp³-hybridized carbons (Fsp3) is 0.286. The molecule has 1 heterocycles. The molecule has 1 unspecified atom stereocenters. The Morgan fingerprint density at radius 2 is 1.86 bits per heavy atom. The summed E-state index contributed by atoms with van der Waals surface area (Å²) in [6, 6.07) is 7.85. The second-order valence-corrected chi connectivity index (χ2v) is 7.04. The van der Waals surface area contributed by atoms with Crippen LogP contribution in [0.1, 0.15) is 22.0 Å². The Morgan fingerprint density at radius 1 is 1.24 bits per heavy atom. The minimum Gasteiger partial charge on any atom is -0.406 e. The van der Waals surface area contributed by atoms with E-state index in [-0.39, 0.29) is 11.8 Å². The zero-order valence-corrected chi connectivity index (χ0v) is 13.7.